The lowest BCUT2D eigenvalue weighted by Gasteiger charge is -2.13. The molecule has 1 aromatic heterocycles. The quantitative estimate of drug-likeness (QED) is 0.589. The number of fused-ring (bicyclic) bond motifs is 1. The number of carbonyl (C=O) groups excluding carboxylic acids is 3. The molecule has 0 radical (unpaired) electrons. The summed E-state index contributed by atoms with van der Waals surface area (Å²) in [6, 6.07) is 10.4. The second kappa shape index (κ2) is 8.33. The third-order valence-electron chi connectivity index (χ3n) is 5.22. The van der Waals surface area contributed by atoms with Crippen LogP contribution in [0.1, 0.15) is 11.1 Å². The largest absolute Gasteiger partial charge is 0.328 e. The highest BCUT2D eigenvalue weighted by Crippen LogP contribution is 2.32. The Morgan fingerprint density at radius 2 is 1.78 bits per heavy atom. The maximum absolute atomic E-state index is 12.8. The zero-order valence-electron chi connectivity index (χ0n) is 17.5. The first-order valence-corrected chi connectivity index (χ1v) is 10.8. The summed E-state index contributed by atoms with van der Waals surface area (Å²) in [5.41, 5.74) is 3.34. The van der Waals surface area contributed by atoms with E-state index in [1.54, 1.807) is 56.6 Å². The predicted octanol–water partition coefficient (Wildman–Crippen LogP) is 3.51. The van der Waals surface area contributed by atoms with Crippen LogP contribution in [0.3, 0.4) is 0 Å². The molecule has 0 bridgehead atoms. The number of rotatable bonds is 4. The number of anilines is 1. The molecule has 8 nitrogen and oxygen atoms in total. The summed E-state index contributed by atoms with van der Waals surface area (Å²) < 4.78 is 3.05. The smallest absolute Gasteiger partial charge is 0.324 e. The summed E-state index contributed by atoms with van der Waals surface area (Å²) in [7, 11) is 3.35. The van der Waals surface area contributed by atoms with Crippen molar-refractivity contribution in [3.63, 3.8) is 0 Å². The first-order chi connectivity index (χ1) is 15.2. The molecule has 164 valence electrons. The molecule has 0 atom stereocenters. The molecule has 0 saturated carbocycles. The number of imide groups is 1. The molecule has 0 spiro atoms. The zero-order chi connectivity index (χ0) is 23.2. The van der Waals surface area contributed by atoms with Crippen LogP contribution in [-0.2, 0) is 23.7 Å². The minimum Gasteiger partial charge on any atom is -0.324 e. The van der Waals surface area contributed by atoms with Gasteiger partial charge < -0.3 is 5.32 Å². The van der Waals surface area contributed by atoms with Crippen molar-refractivity contribution in [2.45, 2.75) is 6.92 Å². The molecular formula is C22H19ClN4O4S. The van der Waals surface area contributed by atoms with Crippen LogP contribution in [0.4, 0.5) is 10.5 Å². The number of carbonyl (C=O) groups is 3. The number of halogens is 1. The Hall–Kier alpha value is -3.30. The van der Waals surface area contributed by atoms with Gasteiger partial charge in [-0.2, -0.15) is 0 Å². The van der Waals surface area contributed by atoms with Crippen LogP contribution >= 0.6 is 23.4 Å². The van der Waals surface area contributed by atoms with Gasteiger partial charge in [0.05, 0.1) is 15.9 Å². The number of aryl methyl sites for hydroxylation is 3. The summed E-state index contributed by atoms with van der Waals surface area (Å²) in [6.07, 6.45) is 1.58. The number of benzene rings is 2. The van der Waals surface area contributed by atoms with Crippen LogP contribution in [0.15, 0.2) is 46.1 Å². The van der Waals surface area contributed by atoms with E-state index in [0.29, 0.717) is 21.8 Å². The molecule has 1 aliphatic heterocycles. The van der Waals surface area contributed by atoms with Gasteiger partial charge >= 0.3 is 5.69 Å². The monoisotopic (exact) mass is 470 g/mol. The average Bonchev–Trinajstić information content (AvgIpc) is 3.13. The van der Waals surface area contributed by atoms with Gasteiger partial charge in [0, 0.05) is 24.8 Å². The highest BCUT2D eigenvalue weighted by atomic mass is 35.5. The minimum atomic E-state index is -0.542. The van der Waals surface area contributed by atoms with E-state index in [1.807, 2.05) is 6.92 Å². The van der Waals surface area contributed by atoms with Gasteiger partial charge in [0.1, 0.15) is 6.54 Å². The van der Waals surface area contributed by atoms with E-state index in [4.69, 9.17) is 11.6 Å². The van der Waals surface area contributed by atoms with Crippen molar-refractivity contribution >= 4 is 63.2 Å². The number of hydrogen-bond donors (Lipinski definition) is 1. The molecule has 2 aromatic carbocycles. The van der Waals surface area contributed by atoms with E-state index < -0.39 is 23.6 Å². The Balaban J connectivity index is 1.52. The minimum absolute atomic E-state index is 0.154. The van der Waals surface area contributed by atoms with Gasteiger partial charge in [0.25, 0.3) is 11.1 Å². The number of hydrogen-bond acceptors (Lipinski definition) is 5. The Kier molecular flexibility index (Phi) is 5.70. The van der Waals surface area contributed by atoms with Crippen LogP contribution in [-0.4, -0.2) is 37.6 Å². The van der Waals surface area contributed by atoms with Crippen LogP contribution in [0.2, 0.25) is 5.02 Å². The standard InChI is InChI=1S/C22H19ClN4O4S/c1-12-4-6-14(10-15(12)23)24-19(28)11-27-20(29)18(32-22(27)31)9-13-5-7-16-17(8-13)26(3)21(30)25(16)2/h4-10H,11H2,1-3H3,(H,24,28)/b18-9-. The third kappa shape index (κ3) is 3.96. The summed E-state index contributed by atoms with van der Waals surface area (Å²) in [5.74, 6) is -1.05. The van der Waals surface area contributed by atoms with E-state index in [2.05, 4.69) is 5.32 Å². The summed E-state index contributed by atoms with van der Waals surface area (Å²) in [6.45, 7) is 1.44. The third-order valence-corrected chi connectivity index (χ3v) is 6.54. The van der Waals surface area contributed by atoms with Gasteiger partial charge in [0.15, 0.2) is 0 Å². The first-order valence-electron chi connectivity index (χ1n) is 9.62. The molecule has 32 heavy (non-hydrogen) atoms. The Labute approximate surface area is 192 Å². The lowest BCUT2D eigenvalue weighted by molar-refractivity contribution is -0.127. The Morgan fingerprint density at radius 1 is 1.06 bits per heavy atom. The molecule has 2 heterocycles. The van der Waals surface area contributed by atoms with E-state index >= 15 is 0 Å². The lowest BCUT2D eigenvalue weighted by Crippen LogP contribution is -2.36. The van der Waals surface area contributed by atoms with Crippen molar-refractivity contribution < 1.29 is 14.4 Å². The van der Waals surface area contributed by atoms with E-state index in [-0.39, 0.29) is 10.6 Å². The molecule has 4 rings (SSSR count). The maximum atomic E-state index is 12.8. The van der Waals surface area contributed by atoms with E-state index in [9.17, 15) is 19.2 Å². The van der Waals surface area contributed by atoms with Gasteiger partial charge in [-0.25, -0.2) is 4.79 Å². The maximum Gasteiger partial charge on any atom is 0.328 e. The van der Waals surface area contributed by atoms with Gasteiger partial charge in [-0.05, 0) is 60.2 Å². The van der Waals surface area contributed by atoms with Crippen LogP contribution in [0.25, 0.3) is 17.1 Å². The number of thioether (sulfide) groups is 1. The molecule has 10 heteroatoms. The average molecular weight is 471 g/mol. The number of nitrogens with one attached hydrogen (secondary N) is 1. The molecule has 0 unspecified atom stereocenters. The topological polar surface area (TPSA) is 93.4 Å². The zero-order valence-corrected chi connectivity index (χ0v) is 19.1. The van der Waals surface area contributed by atoms with E-state index in [1.165, 1.54) is 9.13 Å². The molecule has 1 N–H and O–H groups in total. The molecule has 3 aromatic rings. The van der Waals surface area contributed by atoms with Crippen LogP contribution in [0.5, 0.6) is 0 Å². The Morgan fingerprint density at radius 3 is 2.50 bits per heavy atom. The number of imidazole rings is 1. The molecule has 0 aliphatic carbocycles. The summed E-state index contributed by atoms with van der Waals surface area (Å²) in [4.78, 5) is 50.7. The number of amides is 3. The van der Waals surface area contributed by atoms with Crippen molar-refractivity contribution in [2.24, 2.45) is 14.1 Å². The van der Waals surface area contributed by atoms with Gasteiger partial charge in [0.2, 0.25) is 5.91 Å². The summed E-state index contributed by atoms with van der Waals surface area (Å²) in [5, 5.41) is 2.63. The summed E-state index contributed by atoms with van der Waals surface area (Å²) >= 11 is 6.84. The van der Waals surface area contributed by atoms with Crippen molar-refractivity contribution in [1.29, 1.82) is 0 Å². The fourth-order valence-electron chi connectivity index (χ4n) is 3.42. The predicted molar refractivity (Wildman–Crippen MR) is 126 cm³/mol. The van der Waals surface area contributed by atoms with Crippen molar-refractivity contribution in [3.8, 4) is 0 Å². The van der Waals surface area contributed by atoms with Crippen LogP contribution < -0.4 is 11.0 Å². The van der Waals surface area contributed by atoms with Crippen molar-refractivity contribution in [3.05, 3.63) is 67.9 Å². The van der Waals surface area contributed by atoms with Crippen molar-refractivity contribution in [1.82, 2.24) is 14.0 Å². The lowest BCUT2D eigenvalue weighted by atomic mass is 10.2. The number of nitrogens with zero attached hydrogens (tertiary/aromatic N) is 3. The molecule has 1 aliphatic rings. The molecule has 1 saturated heterocycles. The first kappa shape index (κ1) is 21.9. The highest BCUT2D eigenvalue weighted by molar-refractivity contribution is 8.18. The normalized spacial score (nSPS) is 15.2. The van der Waals surface area contributed by atoms with Crippen LogP contribution in [0, 0.1) is 6.92 Å². The molecular weight excluding hydrogens is 452 g/mol. The van der Waals surface area contributed by atoms with Gasteiger partial charge in [-0.3, -0.25) is 28.4 Å². The second-order valence-electron chi connectivity index (χ2n) is 7.43. The van der Waals surface area contributed by atoms with Gasteiger partial charge in [-0.15, -0.1) is 0 Å². The molecule has 3 amide bonds. The van der Waals surface area contributed by atoms with Crippen molar-refractivity contribution in [2.75, 3.05) is 11.9 Å². The SMILES string of the molecule is Cc1ccc(NC(=O)CN2C(=O)S/C(=C\c3ccc4c(c3)n(C)c(=O)n4C)C2=O)cc1Cl. The molecule has 1 fully saturated rings. The fraction of sp³-hybridized carbons (Fsp3) is 0.182. The second-order valence-corrected chi connectivity index (χ2v) is 8.83. The Bertz CT molecular complexity index is 1390. The fourth-order valence-corrected chi connectivity index (χ4v) is 4.43. The van der Waals surface area contributed by atoms with E-state index in [0.717, 1.165) is 27.7 Å². The number of aromatic nitrogens is 2. The highest BCUT2D eigenvalue weighted by Gasteiger charge is 2.36. The van der Waals surface area contributed by atoms with Gasteiger partial charge in [-0.1, -0.05) is 23.7 Å².